The van der Waals surface area contributed by atoms with E-state index in [9.17, 15) is 0 Å². The van der Waals surface area contributed by atoms with Gasteiger partial charge in [-0.1, -0.05) is 54.6 Å². The molecule has 0 aliphatic rings. The maximum atomic E-state index is 5.48. The van der Waals surface area contributed by atoms with Crippen LogP contribution in [0.5, 0.6) is 0 Å². The minimum absolute atomic E-state index is 0.160. The van der Waals surface area contributed by atoms with Crippen molar-refractivity contribution in [3.05, 3.63) is 95.6 Å². The maximum absolute atomic E-state index is 5.48. The fourth-order valence-electron chi connectivity index (χ4n) is 2.88. The number of thioether (sulfide) groups is 1. The molecule has 0 aliphatic carbocycles. The molecule has 0 saturated heterocycles. The summed E-state index contributed by atoms with van der Waals surface area (Å²) in [6.07, 6.45) is 0. The van der Waals surface area contributed by atoms with Gasteiger partial charge in [-0.15, -0.1) is 11.8 Å². The van der Waals surface area contributed by atoms with Crippen LogP contribution in [0.4, 0.5) is 5.69 Å². The average Bonchev–Trinajstić information content (AvgIpc) is 2.68. The predicted octanol–water partition coefficient (Wildman–Crippen LogP) is 6.33. The maximum Gasteiger partial charge on any atom is 0.171 e. The van der Waals surface area contributed by atoms with Crippen molar-refractivity contribution < 1.29 is 0 Å². The second kappa shape index (κ2) is 9.58. The highest BCUT2D eigenvalue weighted by Gasteiger charge is 2.09. The van der Waals surface area contributed by atoms with Crippen molar-refractivity contribution in [1.29, 1.82) is 0 Å². The molecule has 138 valence electrons. The van der Waals surface area contributed by atoms with Crippen molar-refractivity contribution in [2.75, 3.05) is 5.32 Å². The first-order valence-corrected chi connectivity index (χ1v) is 10.4. The zero-order chi connectivity index (χ0) is 19.1. The van der Waals surface area contributed by atoms with Gasteiger partial charge in [0.25, 0.3) is 0 Å². The predicted molar refractivity (Wildman–Crippen MR) is 121 cm³/mol. The summed E-state index contributed by atoms with van der Waals surface area (Å²) in [4.78, 5) is 1.29. The monoisotopic (exact) mass is 392 g/mol. The summed E-state index contributed by atoms with van der Waals surface area (Å²) >= 11 is 7.32. The summed E-state index contributed by atoms with van der Waals surface area (Å²) in [6, 6.07) is 27.4. The number of nitrogens with one attached hydrogen (secondary N) is 2. The lowest BCUT2D eigenvalue weighted by Gasteiger charge is -2.19. The van der Waals surface area contributed by atoms with E-state index < -0.39 is 0 Å². The van der Waals surface area contributed by atoms with Gasteiger partial charge in [0.1, 0.15) is 0 Å². The third-order valence-electron chi connectivity index (χ3n) is 4.36. The molecule has 1 unspecified atom stereocenters. The Morgan fingerprint density at radius 1 is 0.926 bits per heavy atom. The third kappa shape index (κ3) is 5.84. The minimum atomic E-state index is 0.160. The van der Waals surface area contributed by atoms with Crippen LogP contribution >= 0.6 is 24.0 Å². The largest absolute Gasteiger partial charge is 0.356 e. The van der Waals surface area contributed by atoms with Gasteiger partial charge in [-0.3, -0.25) is 0 Å². The van der Waals surface area contributed by atoms with Crippen molar-refractivity contribution in [3.8, 4) is 0 Å². The van der Waals surface area contributed by atoms with Crippen LogP contribution in [-0.2, 0) is 5.75 Å². The van der Waals surface area contributed by atoms with Crippen molar-refractivity contribution in [1.82, 2.24) is 5.32 Å². The molecule has 0 aromatic heterocycles. The molecule has 0 heterocycles. The molecule has 0 spiro atoms. The topological polar surface area (TPSA) is 24.1 Å². The number of hydrogen-bond donors (Lipinski definition) is 2. The molecule has 1 atom stereocenters. The first kappa shape index (κ1) is 19.5. The SMILES string of the molecule is Cc1ccccc1C(C)NC(=S)Nc1ccc(CSc2ccccc2)cc1. The Balaban J connectivity index is 1.51. The van der Waals surface area contributed by atoms with Gasteiger partial charge in [-0.05, 0) is 67.0 Å². The Kier molecular flexibility index (Phi) is 6.91. The van der Waals surface area contributed by atoms with Crippen LogP contribution < -0.4 is 10.6 Å². The third-order valence-corrected chi connectivity index (χ3v) is 5.67. The van der Waals surface area contributed by atoms with Gasteiger partial charge in [-0.2, -0.15) is 0 Å². The van der Waals surface area contributed by atoms with Crippen LogP contribution in [0.2, 0.25) is 0 Å². The van der Waals surface area contributed by atoms with E-state index in [0.29, 0.717) is 5.11 Å². The second-order valence-electron chi connectivity index (χ2n) is 6.48. The van der Waals surface area contributed by atoms with Crippen LogP contribution in [0, 0.1) is 6.92 Å². The molecular weight excluding hydrogens is 368 g/mol. The molecule has 0 saturated carbocycles. The first-order valence-electron chi connectivity index (χ1n) is 9.01. The average molecular weight is 393 g/mol. The van der Waals surface area contributed by atoms with Gasteiger partial charge in [0.05, 0.1) is 6.04 Å². The molecule has 3 aromatic carbocycles. The molecule has 2 N–H and O–H groups in total. The lowest BCUT2D eigenvalue weighted by Crippen LogP contribution is -2.31. The van der Waals surface area contributed by atoms with Crippen LogP contribution in [0.25, 0.3) is 0 Å². The van der Waals surface area contributed by atoms with Crippen molar-refractivity contribution in [2.24, 2.45) is 0 Å². The summed E-state index contributed by atoms with van der Waals surface area (Å²) in [7, 11) is 0. The Morgan fingerprint density at radius 3 is 2.30 bits per heavy atom. The first-order chi connectivity index (χ1) is 13.1. The number of hydrogen-bond acceptors (Lipinski definition) is 2. The van der Waals surface area contributed by atoms with Crippen LogP contribution in [0.1, 0.15) is 29.7 Å². The number of rotatable bonds is 6. The molecule has 4 heteroatoms. The van der Waals surface area contributed by atoms with E-state index in [1.54, 1.807) is 0 Å². The van der Waals surface area contributed by atoms with Gasteiger partial charge in [-0.25, -0.2) is 0 Å². The fourth-order valence-corrected chi connectivity index (χ4v) is 4.05. The van der Waals surface area contributed by atoms with Gasteiger partial charge in [0, 0.05) is 16.3 Å². The fraction of sp³-hybridized carbons (Fsp3) is 0.174. The molecule has 0 amide bonds. The van der Waals surface area contributed by atoms with Crippen molar-refractivity contribution in [2.45, 2.75) is 30.5 Å². The zero-order valence-electron chi connectivity index (χ0n) is 15.6. The van der Waals surface area contributed by atoms with E-state index in [-0.39, 0.29) is 6.04 Å². The normalized spacial score (nSPS) is 11.6. The Bertz CT molecular complexity index is 876. The molecule has 0 fully saturated rings. The highest BCUT2D eigenvalue weighted by molar-refractivity contribution is 7.98. The van der Waals surface area contributed by atoms with E-state index in [2.05, 4.69) is 97.3 Å². The van der Waals surface area contributed by atoms with E-state index in [0.717, 1.165) is 11.4 Å². The summed E-state index contributed by atoms with van der Waals surface area (Å²) in [5.41, 5.74) is 4.81. The lowest BCUT2D eigenvalue weighted by molar-refractivity contribution is 0.717. The van der Waals surface area contributed by atoms with E-state index >= 15 is 0 Å². The Hall–Kier alpha value is -2.30. The Labute approximate surface area is 171 Å². The lowest BCUT2D eigenvalue weighted by atomic mass is 10.0. The smallest absolute Gasteiger partial charge is 0.171 e. The second-order valence-corrected chi connectivity index (χ2v) is 7.93. The summed E-state index contributed by atoms with van der Waals surface area (Å²) in [5, 5.41) is 7.28. The van der Waals surface area contributed by atoms with Crippen molar-refractivity contribution in [3.63, 3.8) is 0 Å². The number of aryl methyl sites for hydroxylation is 1. The van der Waals surface area contributed by atoms with Crippen LogP contribution in [0.15, 0.2) is 83.8 Å². The van der Waals surface area contributed by atoms with Gasteiger partial charge in [0.2, 0.25) is 0 Å². The van der Waals surface area contributed by atoms with Gasteiger partial charge in [0.15, 0.2) is 5.11 Å². The standard InChI is InChI=1S/C23H24N2S2/c1-17-8-6-7-11-22(17)18(2)24-23(26)25-20-14-12-19(13-15-20)16-27-21-9-4-3-5-10-21/h3-15,18H,16H2,1-2H3,(H2,24,25,26). The summed E-state index contributed by atoms with van der Waals surface area (Å²) < 4.78 is 0. The van der Waals surface area contributed by atoms with Crippen LogP contribution in [0.3, 0.4) is 0 Å². The number of thiocarbonyl (C=S) groups is 1. The molecular formula is C23H24N2S2. The van der Waals surface area contributed by atoms with E-state index in [1.807, 2.05) is 17.8 Å². The van der Waals surface area contributed by atoms with Gasteiger partial charge >= 0.3 is 0 Å². The molecule has 2 nitrogen and oxygen atoms in total. The summed E-state index contributed by atoms with van der Waals surface area (Å²) in [5.74, 6) is 0.956. The molecule has 0 aliphatic heterocycles. The zero-order valence-corrected chi connectivity index (χ0v) is 17.2. The van der Waals surface area contributed by atoms with E-state index in [1.165, 1.54) is 21.6 Å². The quantitative estimate of drug-likeness (QED) is 0.378. The number of benzene rings is 3. The summed E-state index contributed by atoms with van der Waals surface area (Å²) in [6.45, 7) is 4.25. The molecule has 0 radical (unpaired) electrons. The highest BCUT2D eigenvalue weighted by atomic mass is 32.2. The Morgan fingerprint density at radius 2 is 1.59 bits per heavy atom. The minimum Gasteiger partial charge on any atom is -0.356 e. The van der Waals surface area contributed by atoms with Crippen LogP contribution in [-0.4, -0.2) is 5.11 Å². The van der Waals surface area contributed by atoms with E-state index in [4.69, 9.17) is 12.2 Å². The number of anilines is 1. The molecule has 0 bridgehead atoms. The molecule has 27 heavy (non-hydrogen) atoms. The highest BCUT2D eigenvalue weighted by Crippen LogP contribution is 2.23. The van der Waals surface area contributed by atoms with Crippen molar-refractivity contribution >= 4 is 34.8 Å². The molecule has 3 rings (SSSR count). The van der Waals surface area contributed by atoms with Gasteiger partial charge < -0.3 is 10.6 Å². The molecule has 3 aromatic rings.